The van der Waals surface area contributed by atoms with Crippen molar-refractivity contribution in [3.8, 4) is 12.1 Å². The highest BCUT2D eigenvalue weighted by molar-refractivity contribution is 5.50. The average Bonchev–Trinajstić information content (AvgIpc) is 2.87. The highest BCUT2D eigenvalue weighted by Crippen LogP contribution is 2.35. The lowest BCUT2D eigenvalue weighted by Crippen LogP contribution is -2.10. The van der Waals surface area contributed by atoms with E-state index >= 15 is 0 Å². The molecule has 1 aromatic carbocycles. The van der Waals surface area contributed by atoms with E-state index in [1.54, 1.807) is 0 Å². The van der Waals surface area contributed by atoms with E-state index in [0.717, 1.165) is 0 Å². The monoisotopic (exact) mass is 252 g/mol. The summed E-state index contributed by atoms with van der Waals surface area (Å²) in [6.45, 7) is 0.326. The van der Waals surface area contributed by atoms with Gasteiger partial charge in [0.1, 0.15) is 23.3 Å². The molecule has 1 atom stereocenters. The molecule has 92 valence electrons. The second-order valence-corrected chi connectivity index (χ2v) is 3.83. The summed E-state index contributed by atoms with van der Waals surface area (Å²) in [6, 6.07) is 2.68. The van der Waals surface area contributed by atoms with Crippen molar-refractivity contribution in [2.75, 3.05) is 6.61 Å². The molecule has 1 unspecified atom stereocenters. The van der Waals surface area contributed by atoms with Gasteiger partial charge in [-0.05, 0) is 12.8 Å². The fourth-order valence-electron chi connectivity index (χ4n) is 1.98. The van der Waals surface area contributed by atoms with Gasteiger partial charge < -0.3 is 4.74 Å². The summed E-state index contributed by atoms with van der Waals surface area (Å²) in [5.74, 6) is -4.16. The molecule has 0 spiro atoms. The normalized spacial score (nSPS) is 18.4. The molecule has 0 aromatic heterocycles. The van der Waals surface area contributed by atoms with Gasteiger partial charge in [0, 0.05) is 6.61 Å². The Morgan fingerprint density at radius 3 is 2.11 bits per heavy atom. The highest BCUT2D eigenvalue weighted by Gasteiger charge is 2.31. The van der Waals surface area contributed by atoms with E-state index in [-0.39, 0.29) is 0 Å². The molecule has 0 N–H and O–H groups in total. The molecule has 1 aromatic rings. The molecule has 1 heterocycles. The second-order valence-electron chi connectivity index (χ2n) is 3.83. The van der Waals surface area contributed by atoms with Crippen molar-refractivity contribution in [3.05, 3.63) is 34.1 Å². The first kappa shape index (κ1) is 12.4. The van der Waals surface area contributed by atoms with E-state index in [9.17, 15) is 13.2 Å². The molecular weight excluding hydrogens is 245 g/mol. The van der Waals surface area contributed by atoms with Gasteiger partial charge in [0.25, 0.3) is 0 Å². The predicted octanol–water partition coefficient (Wildman–Crippen LogP) is 2.70. The summed E-state index contributed by atoms with van der Waals surface area (Å²) in [7, 11) is 0. The van der Waals surface area contributed by atoms with E-state index in [2.05, 4.69) is 0 Å². The Morgan fingerprint density at radius 2 is 1.61 bits per heavy atom. The maximum atomic E-state index is 14.0. The van der Waals surface area contributed by atoms with Gasteiger partial charge in [-0.1, -0.05) is 0 Å². The molecule has 1 aliphatic rings. The number of rotatable bonds is 1. The minimum atomic E-state index is -1.50. The standard InChI is InChI=1S/C12H7F3N2O/c13-10-6(4-16)7(5-17)11(14)12(15)9(10)8-2-1-3-18-8/h8H,1-3H2. The Morgan fingerprint density at radius 1 is 1.00 bits per heavy atom. The van der Waals surface area contributed by atoms with Crippen LogP contribution in [0.25, 0.3) is 0 Å². The summed E-state index contributed by atoms with van der Waals surface area (Å²) in [4.78, 5) is 0. The van der Waals surface area contributed by atoms with E-state index in [1.807, 2.05) is 0 Å². The number of benzene rings is 1. The fourth-order valence-corrected chi connectivity index (χ4v) is 1.98. The van der Waals surface area contributed by atoms with Gasteiger partial charge in [-0.3, -0.25) is 0 Å². The number of hydrogen-bond donors (Lipinski definition) is 0. The second kappa shape index (κ2) is 4.67. The first-order chi connectivity index (χ1) is 8.61. The number of nitriles is 2. The Bertz CT molecular complexity index is 581. The van der Waals surface area contributed by atoms with Gasteiger partial charge in [-0.15, -0.1) is 0 Å². The Labute approximate surface area is 101 Å². The van der Waals surface area contributed by atoms with Crippen molar-refractivity contribution in [1.29, 1.82) is 10.5 Å². The van der Waals surface area contributed by atoms with E-state index < -0.39 is 40.2 Å². The lowest BCUT2D eigenvalue weighted by molar-refractivity contribution is 0.105. The highest BCUT2D eigenvalue weighted by atomic mass is 19.2. The van der Waals surface area contributed by atoms with Gasteiger partial charge >= 0.3 is 0 Å². The summed E-state index contributed by atoms with van der Waals surface area (Å²) in [5.41, 5.74) is -2.28. The van der Waals surface area contributed by atoms with Crippen LogP contribution in [0.15, 0.2) is 0 Å². The molecule has 0 amide bonds. The molecule has 0 radical (unpaired) electrons. The topological polar surface area (TPSA) is 56.8 Å². The zero-order valence-corrected chi connectivity index (χ0v) is 9.14. The smallest absolute Gasteiger partial charge is 0.178 e. The minimum Gasteiger partial charge on any atom is -0.373 e. The lowest BCUT2D eigenvalue weighted by Gasteiger charge is -2.14. The van der Waals surface area contributed by atoms with Crippen LogP contribution in [0.2, 0.25) is 0 Å². The van der Waals surface area contributed by atoms with Crippen LogP contribution in [-0.2, 0) is 4.74 Å². The van der Waals surface area contributed by atoms with Crippen LogP contribution >= 0.6 is 0 Å². The quantitative estimate of drug-likeness (QED) is 0.722. The van der Waals surface area contributed by atoms with Crippen molar-refractivity contribution in [2.24, 2.45) is 0 Å². The average molecular weight is 252 g/mol. The van der Waals surface area contributed by atoms with Gasteiger partial charge in [-0.2, -0.15) is 10.5 Å². The van der Waals surface area contributed by atoms with Crippen LogP contribution in [-0.4, -0.2) is 6.61 Å². The lowest BCUT2D eigenvalue weighted by atomic mass is 9.98. The molecule has 18 heavy (non-hydrogen) atoms. The van der Waals surface area contributed by atoms with E-state index in [0.29, 0.717) is 19.4 Å². The van der Waals surface area contributed by atoms with Gasteiger partial charge in [0.2, 0.25) is 0 Å². The molecule has 0 bridgehead atoms. The molecule has 2 rings (SSSR count). The molecule has 3 nitrogen and oxygen atoms in total. The van der Waals surface area contributed by atoms with Crippen molar-refractivity contribution in [2.45, 2.75) is 18.9 Å². The zero-order valence-electron chi connectivity index (χ0n) is 9.14. The van der Waals surface area contributed by atoms with Crippen LogP contribution in [0.3, 0.4) is 0 Å². The first-order valence-electron chi connectivity index (χ1n) is 5.24. The SMILES string of the molecule is N#Cc1c(F)c(F)c(C2CCCO2)c(F)c1C#N. The molecule has 0 aliphatic carbocycles. The van der Waals surface area contributed by atoms with Gasteiger partial charge in [0.15, 0.2) is 17.5 Å². The summed E-state index contributed by atoms with van der Waals surface area (Å²) in [6.07, 6.45) is 0.0521. The third-order valence-corrected chi connectivity index (χ3v) is 2.83. The molecular formula is C12H7F3N2O. The largest absolute Gasteiger partial charge is 0.373 e. The number of nitrogens with zero attached hydrogens (tertiary/aromatic N) is 2. The molecule has 6 heteroatoms. The predicted molar refractivity (Wildman–Crippen MR) is 53.7 cm³/mol. The van der Waals surface area contributed by atoms with E-state index in [1.165, 1.54) is 12.1 Å². The minimum absolute atomic E-state index is 0.326. The third kappa shape index (κ3) is 1.71. The fraction of sp³-hybridized carbons (Fsp3) is 0.333. The number of ether oxygens (including phenoxy) is 1. The van der Waals surface area contributed by atoms with Crippen molar-refractivity contribution >= 4 is 0 Å². The van der Waals surface area contributed by atoms with Gasteiger partial charge in [0.05, 0.1) is 11.7 Å². The Kier molecular flexibility index (Phi) is 3.22. The third-order valence-electron chi connectivity index (χ3n) is 2.83. The molecule has 1 fully saturated rings. The molecule has 0 saturated carbocycles. The van der Waals surface area contributed by atoms with Crippen LogP contribution in [0, 0.1) is 40.1 Å². The maximum Gasteiger partial charge on any atom is 0.178 e. The summed E-state index contributed by atoms with van der Waals surface area (Å²) >= 11 is 0. The Hall–Kier alpha value is -2.05. The van der Waals surface area contributed by atoms with Gasteiger partial charge in [-0.25, -0.2) is 13.2 Å². The van der Waals surface area contributed by atoms with Crippen LogP contribution < -0.4 is 0 Å². The Balaban J connectivity index is 2.72. The number of hydrogen-bond acceptors (Lipinski definition) is 3. The summed E-state index contributed by atoms with van der Waals surface area (Å²) in [5, 5.41) is 17.4. The molecule has 1 saturated heterocycles. The molecule has 1 aliphatic heterocycles. The zero-order chi connectivity index (χ0) is 13.3. The van der Waals surface area contributed by atoms with Crippen LogP contribution in [0.4, 0.5) is 13.2 Å². The van der Waals surface area contributed by atoms with E-state index in [4.69, 9.17) is 15.3 Å². The van der Waals surface area contributed by atoms with Crippen LogP contribution in [0.5, 0.6) is 0 Å². The maximum absolute atomic E-state index is 14.0. The van der Waals surface area contributed by atoms with Crippen molar-refractivity contribution in [3.63, 3.8) is 0 Å². The van der Waals surface area contributed by atoms with Crippen LogP contribution in [0.1, 0.15) is 35.6 Å². The van der Waals surface area contributed by atoms with Crippen molar-refractivity contribution < 1.29 is 17.9 Å². The van der Waals surface area contributed by atoms with Crippen molar-refractivity contribution in [1.82, 2.24) is 0 Å². The number of halogens is 3. The summed E-state index contributed by atoms with van der Waals surface area (Å²) < 4.78 is 46.3. The first-order valence-corrected chi connectivity index (χ1v) is 5.24.